The van der Waals surface area contributed by atoms with Crippen molar-refractivity contribution < 1.29 is 18.0 Å². The molecule has 2 saturated heterocycles. The zero-order valence-electron chi connectivity index (χ0n) is 14.0. The van der Waals surface area contributed by atoms with E-state index in [0.717, 1.165) is 25.3 Å². The molecule has 0 bridgehead atoms. The number of halogens is 3. The zero-order valence-corrected chi connectivity index (χ0v) is 14.0. The molecule has 1 aromatic carbocycles. The average molecular weight is 340 g/mol. The third-order valence-electron chi connectivity index (χ3n) is 5.49. The first-order chi connectivity index (χ1) is 11.2. The molecule has 0 unspecified atom stereocenters. The molecular formula is C18H23F3N2O. The number of carbonyl (C=O) groups excluding carboxylic acids is 1. The maximum Gasteiger partial charge on any atom is 0.416 e. The number of likely N-dealkylation sites (tertiary alicyclic amines) is 1. The molecular weight excluding hydrogens is 317 g/mol. The number of likely N-dealkylation sites (N-methyl/N-ethyl adjacent to an activating group) is 1. The molecule has 132 valence electrons. The number of hydrogen-bond donors (Lipinski definition) is 1. The van der Waals surface area contributed by atoms with Gasteiger partial charge in [0.15, 0.2) is 0 Å². The van der Waals surface area contributed by atoms with Crippen molar-refractivity contribution in [2.75, 3.05) is 7.05 Å². The van der Waals surface area contributed by atoms with Gasteiger partial charge in [0.05, 0.1) is 11.1 Å². The lowest BCUT2D eigenvalue weighted by molar-refractivity contribution is -0.137. The lowest BCUT2D eigenvalue weighted by Gasteiger charge is -2.36. The Morgan fingerprint density at radius 2 is 2.04 bits per heavy atom. The van der Waals surface area contributed by atoms with Crippen LogP contribution in [-0.2, 0) is 11.0 Å². The highest BCUT2D eigenvalue weighted by Gasteiger charge is 2.49. The maximum atomic E-state index is 13.0. The summed E-state index contributed by atoms with van der Waals surface area (Å²) in [7, 11) is 1.95. The van der Waals surface area contributed by atoms with Crippen LogP contribution in [0.25, 0.3) is 0 Å². The number of nitrogens with zero attached hydrogens (tertiary/aromatic N) is 1. The minimum atomic E-state index is -4.34. The lowest BCUT2D eigenvalue weighted by Crippen LogP contribution is -2.54. The van der Waals surface area contributed by atoms with Crippen molar-refractivity contribution in [3.63, 3.8) is 0 Å². The molecule has 1 N–H and O–H groups in total. The summed E-state index contributed by atoms with van der Waals surface area (Å²) < 4.78 is 39.0. The standard InChI is InChI=1S/C18H23F3N2O/c1-17-11-14(12-6-5-7-13(10-12)18(19,20)21)23(2)15(17)8-3-4-9-16(24)22-17/h5-7,10,14-15H,3-4,8-9,11H2,1-2H3,(H,22,24)/t14-,15-,17-/m0/s1. The van der Waals surface area contributed by atoms with Gasteiger partial charge < -0.3 is 5.32 Å². The first-order valence-electron chi connectivity index (χ1n) is 8.41. The van der Waals surface area contributed by atoms with Crippen molar-refractivity contribution in [3.8, 4) is 0 Å². The van der Waals surface area contributed by atoms with E-state index in [4.69, 9.17) is 0 Å². The van der Waals surface area contributed by atoms with E-state index in [1.54, 1.807) is 6.07 Å². The summed E-state index contributed by atoms with van der Waals surface area (Å²) in [6.07, 6.45) is -0.412. The fourth-order valence-electron chi connectivity index (χ4n) is 4.28. The second-order valence-corrected chi connectivity index (χ2v) is 7.24. The molecule has 2 aliphatic rings. The Bertz CT molecular complexity index is 631. The van der Waals surface area contributed by atoms with Gasteiger partial charge in [0, 0.05) is 18.5 Å². The van der Waals surface area contributed by atoms with Crippen molar-refractivity contribution in [3.05, 3.63) is 35.4 Å². The third-order valence-corrected chi connectivity index (χ3v) is 5.49. The van der Waals surface area contributed by atoms with Gasteiger partial charge in [-0.15, -0.1) is 0 Å². The van der Waals surface area contributed by atoms with Crippen LogP contribution in [0, 0.1) is 0 Å². The summed E-state index contributed by atoms with van der Waals surface area (Å²) in [5.74, 6) is 0.0419. The first-order valence-corrected chi connectivity index (χ1v) is 8.41. The smallest absolute Gasteiger partial charge is 0.349 e. The number of hydrogen-bond acceptors (Lipinski definition) is 2. The van der Waals surface area contributed by atoms with E-state index < -0.39 is 17.3 Å². The van der Waals surface area contributed by atoms with E-state index in [1.165, 1.54) is 12.1 Å². The van der Waals surface area contributed by atoms with Crippen molar-refractivity contribution in [2.45, 2.75) is 62.8 Å². The largest absolute Gasteiger partial charge is 0.416 e. The van der Waals surface area contributed by atoms with Gasteiger partial charge in [-0.25, -0.2) is 0 Å². The van der Waals surface area contributed by atoms with Crippen LogP contribution < -0.4 is 5.32 Å². The van der Waals surface area contributed by atoms with Crippen molar-refractivity contribution in [2.24, 2.45) is 0 Å². The van der Waals surface area contributed by atoms with Crippen molar-refractivity contribution in [1.29, 1.82) is 0 Å². The van der Waals surface area contributed by atoms with Gasteiger partial charge in [0.25, 0.3) is 0 Å². The van der Waals surface area contributed by atoms with Crippen LogP contribution in [0.5, 0.6) is 0 Å². The SMILES string of the molecule is CN1[C@H]2CCCCC(=O)N[C@@]2(C)C[C@H]1c1cccc(C(F)(F)F)c1. The monoisotopic (exact) mass is 340 g/mol. The zero-order chi connectivity index (χ0) is 17.5. The molecule has 2 fully saturated rings. The van der Waals surface area contributed by atoms with Crippen LogP contribution >= 0.6 is 0 Å². The molecule has 0 aliphatic carbocycles. The van der Waals surface area contributed by atoms with E-state index in [1.807, 2.05) is 14.0 Å². The van der Waals surface area contributed by atoms with Gasteiger partial charge in [-0.1, -0.05) is 18.6 Å². The predicted molar refractivity (Wildman–Crippen MR) is 85.4 cm³/mol. The van der Waals surface area contributed by atoms with Crippen LogP contribution in [0.2, 0.25) is 0 Å². The number of carbonyl (C=O) groups is 1. The number of rotatable bonds is 1. The molecule has 3 rings (SSSR count). The number of benzene rings is 1. The Hall–Kier alpha value is -1.56. The molecule has 1 aromatic rings. The molecule has 3 atom stereocenters. The maximum absolute atomic E-state index is 13.0. The molecule has 2 heterocycles. The Morgan fingerprint density at radius 3 is 2.75 bits per heavy atom. The van der Waals surface area contributed by atoms with Gasteiger partial charge in [-0.2, -0.15) is 13.2 Å². The fourth-order valence-corrected chi connectivity index (χ4v) is 4.28. The quantitative estimate of drug-likeness (QED) is 0.841. The Kier molecular flexibility index (Phi) is 4.36. The van der Waals surface area contributed by atoms with Gasteiger partial charge in [0.2, 0.25) is 5.91 Å². The van der Waals surface area contributed by atoms with E-state index in [9.17, 15) is 18.0 Å². The molecule has 1 amide bonds. The summed E-state index contributed by atoms with van der Waals surface area (Å²) >= 11 is 0. The van der Waals surface area contributed by atoms with Gasteiger partial charge in [-0.3, -0.25) is 9.69 Å². The summed E-state index contributed by atoms with van der Waals surface area (Å²) in [5.41, 5.74) is -0.355. The average Bonchev–Trinajstić information content (AvgIpc) is 2.72. The number of nitrogens with one attached hydrogen (secondary N) is 1. The van der Waals surface area contributed by atoms with Crippen LogP contribution in [0.4, 0.5) is 13.2 Å². The fraction of sp³-hybridized carbons (Fsp3) is 0.611. The summed E-state index contributed by atoms with van der Waals surface area (Å²) in [6, 6.07) is 5.58. The van der Waals surface area contributed by atoms with Gasteiger partial charge >= 0.3 is 6.18 Å². The Labute approximate surface area is 140 Å². The van der Waals surface area contributed by atoms with Gasteiger partial charge in [0.1, 0.15) is 0 Å². The van der Waals surface area contributed by atoms with Crippen molar-refractivity contribution in [1.82, 2.24) is 10.2 Å². The van der Waals surface area contributed by atoms with E-state index in [0.29, 0.717) is 18.4 Å². The second-order valence-electron chi connectivity index (χ2n) is 7.24. The minimum Gasteiger partial charge on any atom is -0.349 e. The van der Waals surface area contributed by atoms with E-state index in [2.05, 4.69) is 10.2 Å². The molecule has 0 spiro atoms. The van der Waals surface area contributed by atoms with Crippen LogP contribution in [0.1, 0.15) is 56.2 Å². The third kappa shape index (κ3) is 3.16. The molecule has 24 heavy (non-hydrogen) atoms. The summed E-state index contributed by atoms with van der Waals surface area (Å²) in [5, 5.41) is 3.13. The normalized spacial score (nSPS) is 32.0. The van der Waals surface area contributed by atoms with Crippen LogP contribution in [0.3, 0.4) is 0 Å². The highest BCUT2D eigenvalue weighted by Crippen LogP contribution is 2.44. The minimum absolute atomic E-state index is 0.0419. The molecule has 2 aliphatic heterocycles. The molecule has 0 aromatic heterocycles. The molecule has 0 saturated carbocycles. The van der Waals surface area contributed by atoms with Crippen molar-refractivity contribution >= 4 is 5.91 Å². The number of fused-ring (bicyclic) bond motifs is 1. The molecule has 6 heteroatoms. The highest BCUT2D eigenvalue weighted by atomic mass is 19.4. The number of alkyl halides is 3. The molecule has 0 radical (unpaired) electrons. The molecule has 3 nitrogen and oxygen atoms in total. The van der Waals surface area contributed by atoms with Crippen LogP contribution in [0.15, 0.2) is 24.3 Å². The lowest BCUT2D eigenvalue weighted by atomic mass is 9.85. The summed E-state index contributed by atoms with van der Waals surface area (Å²) in [4.78, 5) is 14.2. The van der Waals surface area contributed by atoms with E-state index in [-0.39, 0.29) is 18.0 Å². The highest BCUT2D eigenvalue weighted by molar-refractivity contribution is 5.77. The van der Waals surface area contributed by atoms with E-state index >= 15 is 0 Å². The first kappa shape index (κ1) is 17.3. The van der Waals surface area contributed by atoms with Crippen LogP contribution in [-0.4, -0.2) is 29.4 Å². The Balaban J connectivity index is 1.92. The number of amides is 1. The van der Waals surface area contributed by atoms with Gasteiger partial charge in [-0.05, 0) is 50.9 Å². The topological polar surface area (TPSA) is 32.3 Å². The predicted octanol–water partition coefficient (Wildman–Crippen LogP) is 3.90. The summed E-state index contributed by atoms with van der Waals surface area (Å²) in [6.45, 7) is 2.02. The Morgan fingerprint density at radius 1 is 1.29 bits per heavy atom. The second kappa shape index (κ2) is 6.06.